The fraction of sp³-hybridized carbons (Fsp3) is 0.632. The topological polar surface area (TPSA) is 62.2 Å². The Morgan fingerprint density at radius 1 is 1.16 bits per heavy atom. The maximum Gasteiger partial charge on any atom is 0.409 e. The Labute approximate surface area is 150 Å². The molecule has 6 nitrogen and oxygen atoms in total. The van der Waals surface area contributed by atoms with Crippen molar-refractivity contribution in [3.8, 4) is 0 Å². The minimum absolute atomic E-state index is 0.249. The van der Waals surface area contributed by atoms with Gasteiger partial charge >= 0.3 is 6.09 Å². The van der Waals surface area contributed by atoms with Gasteiger partial charge in [-0.15, -0.1) is 0 Å². The third-order valence-electron chi connectivity index (χ3n) is 4.41. The molecule has 1 heterocycles. The van der Waals surface area contributed by atoms with Gasteiger partial charge in [0.15, 0.2) is 0 Å². The van der Waals surface area contributed by atoms with Crippen molar-refractivity contribution in [3.63, 3.8) is 0 Å². The number of hydrogen-bond donors (Lipinski definition) is 1. The van der Waals surface area contributed by atoms with Crippen molar-refractivity contribution in [2.24, 2.45) is 0 Å². The van der Waals surface area contributed by atoms with Gasteiger partial charge in [0.2, 0.25) is 0 Å². The van der Waals surface area contributed by atoms with Crippen LogP contribution >= 0.6 is 0 Å². The van der Waals surface area contributed by atoms with E-state index in [0.29, 0.717) is 45.4 Å². The molecule has 0 spiro atoms. The molecule has 2 atom stereocenters. The number of carbonyl (C=O) groups is 1. The largest absolute Gasteiger partial charge is 0.450 e. The van der Waals surface area contributed by atoms with Gasteiger partial charge in [0.1, 0.15) is 0 Å². The lowest BCUT2D eigenvalue weighted by atomic mass is 10.0. The van der Waals surface area contributed by atoms with E-state index in [9.17, 15) is 9.90 Å². The van der Waals surface area contributed by atoms with Gasteiger partial charge in [0.05, 0.1) is 25.9 Å². The summed E-state index contributed by atoms with van der Waals surface area (Å²) in [5.41, 5.74) is 1.24. The molecule has 1 aliphatic rings. The standard InChI is InChI=1S/C19H30N2O4/c1-3-25-19(23)21-11-9-20(10-12-21)13-18(22)15-24-14-16(2)17-7-5-4-6-8-17/h4-8,16,18,22H,3,9-15H2,1-2H3/t16-,18+/m0/s1. The van der Waals surface area contributed by atoms with Crippen LogP contribution in [-0.4, -0.2) is 79.6 Å². The van der Waals surface area contributed by atoms with E-state index in [1.165, 1.54) is 5.56 Å². The Kier molecular flexibility index (Phi) is 8.18. The smallest absolute Gasteiger partial charge is 0.409 e. The molecule has 1 N–H and O–H groups in total. The number of benzene rings is 1. The minimum Gasteiger partial charge on any atom is -0.450 e. The number of amides is 1. The lowest BCUT2D eigenvalue weighted by Crippen LogP contribution is -2.51. The third kappa shape index (κ3) is 6.65. The summed E-state index contributed by atoms with van der Waals surface area (Å²) < 4.78 is 10.7. The molecule has 0 bridgehead atoms. The lowest BCUT2D eigenvalue weighted by Gasteiger charge is -2.34. The second kappa shape index (κ2) is 10.4. The zero-order valence-electron chi connectivity index (χ0n) is 15.3. The van der Waals surface area contributed by atoms with Gasteiger partial charge in [0.25, 0.3) is 0 Å². The molecule has 1 aliphatic heterocycles. The number of piperazine rings is 1. The summed E-state index contributed by atoms with van der Waals surface area (Å²) in [4.78, 5) is 15.5. The third-order valence-corrected chi connectivity index (χ3v) is 4.41. The van der Waals surface area contributed by atoms with E-state index in [1.807, 2.05) is 25.1 Å². The number of aliphatic hydroxyl groups excluding tert-OH is 1. The van der Waals surface area contributed by atoms with E-state index >= 15 is 0 Å². The number of nitrogens with zero attached hydrogens (tertiary/aromatic N) is 2. The summed E-state index contributed by atoms with van der Waals surface area (Å²) in [6.07, 6.45) is -0.766. The molecule has 1 fully saturated rings. The van der Waals surface area contributed by atoms with Crippen LogP contribution in [0.2, 0.25) is 0 Å². The molecule has 1 saturated heterocycles. The zero-order chi connectivity index (χ0) is 18.1. The molecule has 1 amide bonds. The van der Waals surface area contributed by atoms with Crippen LogP contribution in [0.15, 0.2) is 30.3 Å². The Bertz CT molecular complexity index is 503. The molecule has 1 aromatic rings. The monoisotopic (exact) mass is 350 g/mol. The second-order valence-electron chi connectivity index (χ2n) is 6.49. The highest BCUT2D eigenvalue weighted by molar-refractivity contribution is 5.67. The van der Waals surface area contributed by atoms with Crippen molar-refractivity contribution in [1.82, 2.24) is 9.80 Å². The fourth-order valence-corrected chi connectivity index (χ4v) is 2.94. The Morgan fingerprint density at radius 3 is 2.48 bits per heavy atom. The van der Waals surface area contributed by atoms with E-state index < -0.39 is 6.10 Å². The zero-order valence-corrected chi connectivity index (χ0v) is 15.3. The molecule has 0 aliphatic carbocycles. The Balaban J connectivity index is 1.61. The molecular formula is C19H30N2O4. The second-order valence-corrected chi connectivity index (χ2v) is 6.49. The summed E-state index contributed by atoms with van der Waals surface area (Å²) >= 11 is 0. The molecule has 6 heteroatoms. The molecule has 140 valence electrons. The van der Waals surface area contributed by atoms with E-state index in [2.05, 4.69) is 24.0 Å². The summed E-state index contributed by atoms with van der Waals surface area (Å²) in [7, 11) is 0. The lowest BCUT2D eigenvalue weighted by molar-refractivity contribution is 0.00388. The Hall–Kier alpha value is -1.63. The van der Waals surface area contributed by atoms with Crippen LogP contribution in [0.25, 0.3) is 0 Å². The van der Waals surface area contributed by atoms with Gasteiger partial charge in [-0.3, -0.25) is 4.90 Å². The van der Waals surface area contributed by atoms with E-state index in [0.717, 1.165) is 13.1 Å². The van der Waals surface area contributed by atoms with Gasteiger partial charge in [-0.25, -0.2) is 4.79 Å². The summed E-state index contributed by atoms with van der Waals surface area (Å²) in [6, 6.07) is 10.2. The predicted molar refractivity (Wildman–Crippen MR) is 96.7 cm³/mol. The average Bonchev–Trinajstić information content (AvgIpc) is 2.63. The first-order valence-electron chi connectivity index (χ1n) is 9.05. The SMILES string of the molecule is CCOC(=O)N1CCN(C[C@@H](O)COC[C@H](C)c2ccccc2)CC1. The van der Waals surface area contributed by atoms with Gasteiger partial charge in [0, 0.05) is 38.6 Å². The van der Waals surface area contributed by atoms with Crippen molar-refractivity contribution in [1.29, 1.82) is 0 Å². The molecule has 25 heavy (non-hydrogen) atoms. The maximum atomic E-state index is 11.7. The van der Waals surface area contributed by atoms with Crippen LogP contribution in [0.5, 0.6) is 0 Å². The number of hydrogen-bond acceptors (Lipinski definition) is 5. The van der Waals surface area contributed by atoms with Crippen LogP contribution in [0.3, 0.4) is 0 Å². The first-order chi connectivity index (χ1) is 12.1. The highest BCUT2D eigenvalue weighted by Gasteiger charge is 2.23. The summed E-state index contributed by atoms with van der Waals surface area (Å²) in [6.45, 7) is 8.58. The van der Waals surface area contributed by atoms with Crippen molar-refractivity contribution in [2.45, 2.75) is 25.9 Å². The number of β-amino-alcohol motifs (C(OH)–C–C–N with tert-alkyl or cyclic N) is 1. The molecule has 0 saturated carbocycles. The molecule has 0 radical (unpaired) electrons. The van der Waals surface area contributed by atoms with E-state index in [1.54, 1.807) is 4.90 Å². The highest BCUT2D eigenvalue weighted by atomic mass is 16.6. The van der Waals surface area contributed by atoms with Gasteiger partial charge in [-0.2, -0.15) is 0 Å². The van der Waals surface area contributed by atoms with Crippen LogP contribution < -0.4 is 0 Å². The summed E-state index contributed by atoms with van der Waals surface area (Å²) in [5.74, 6) is 0.307. The highest BCUT2D eigenvalue weighted by Crippen LogP contribution is 2.14. The number of rotatable bonds is 8. The van der Waals surface area contributed by atoms with Crippen molar-refractivity contribution in [3.05, 3.63) is 35.9 Å². The van der Waals surface area contributed by atoms with E-state index in [4.69, 9.17) is 9.47 Å². The minimum atomic E-state index is -0.517. The van der Waals surface area contributed by atoms with Gasteiger partial charge in [-0.05, 0) is 12.5 Å². The van der Waals surface area contributed by atoms with Crippen molar-refractivity contribution >= 4 is 6.09 Å². The number of carbonyl (C=O) groups excluding carboxylic acids is 1. The van der Waals surface area contributed by atoms with E-state index in [-0.39, 0.29) is 6.09 Å². The molecule has 2 rings (SSSR count). The maximum absolute atomic E-state index is 11.7. The van der Waals surface area contributed by atoms with Crippen molar-refractivity contribution < 1.29 is 19.4 Å². The van der Waals surface area contributed by atoms with Crippen LogP contribution in [0.4, 0.5) is 4.79 Å². The average molecular weight is 350 g/mol. The predicted octanol–water partition coefficient (Wildman–Crippen LogP) is 1.94. The molecule has 0 unspecified atom stereocenters. The normalized spacial score (nSPS) is 18.0. The first-order valence-corrected chi connectivity index (χ1v) is 9.05. The van der Waals surface area contributed by atoms with Crippen LogP contribution in [0, 0.1) is 0 Å². The molecule has 1 aromatic carbocycles. The Morgan fingerprint density at radius 2 is 1.84 bits per heavy atom. The number of aliphatic hydroxyl groups is 1. The quantitative estimate of drug-likeness (QED) is 0.776. The summed E-state index contributed by atoms with van der Waals surface area (Å²) in [5, 5.41) is 10.2. The molecule has 0 aromatic heterocycles. The first kappa shape index (κ1) is 19.7. The fourth-order valence-electron chi connectivity index (χ4n) is 2.94. The van der Waals surface area contributed by atoms with Gasteiger partial charge < -0.3 is 19.5 Å². The van der Waals surface area contributed by atoms with Crippen LogP contribution in [0.1, 0.15) is 25.3 Å². The van der Waals surface area contributed by atoms with Gasteiger partial charge in [-0.1, -0.05) is 37.3 Å². The number of ether oxygens (including phenoxy) is 2. The van der Waals surface area contributed by atoms with Crippen LogP contribution in [-0.2, 0) is 9.47 Å². The van der Waals surface area contributed by atoms with Crippen molar-refractivity contribution in [2.75, 3.05) is 52.5 Å². The molecular weight excluding hydrogens is 320 g/mol.